The Bertz CT molecular complexity index is 593. The molecule has 2 amide bonds. The summed E-state index contributed by atoms with van der Waals surface area (Å²) in [6.07, 6.45) is 2.61. The van der Waals surface area contributed by atoms with Gasteiger partial charge in [-0.05, 0) is 36.9 Å². The molecule has 0 aliphatic carbocycles. The van der Waals surface area contributed by atoms with Crippen LogP contribution in [0, 0.1) is 0 Å². The molecule has 2 heterocycles. The number of amides is 2. The summed E-state index contributed by atoms with van der Waals surface area (Å²) in [5, 5.41) is 6.48. The molecular weight excluding hydrogens is 300 g/mol. The zero-order chi connectivity index (χ0) is 15.9. The molecule has 0 aliphatic heterocycles. The highest BCUT2D eigenvalue weighted by Crippen LogP contribution is 2.19. The third-order valence-electron chi connectivity index (χ3n) is 3.57. The highest BCUT2D eigenvalue weighted by atomic mass is 32.1. The third-order valence-corrected chi connectivity index (χ3v) is 4.25. The maximum atomic E-state index is 12.1. The van der Waals surface area contributed by atoms with Crippen LogP contribution in [0.5, 0.6) is 0 Å². The number of nitrogens with one attached hydrogen (secondary N) is 1. The lowest BCUT2D eigenvalue weighted by molar-refractivity contribution is -0.132. The molecule has 5 nitrogen and oxygen atoms in total. The third kappa shape index (κ3) is 4.21. The van der Waals surface area contributed by atoms with Gasteiger partial charge in [-0.3, -0.25) is 9.59 Å². The highest BCUT2D eigenvalue weighted by molar-refractivity contribution is 7.08. The number of hydrogen-bond donors (Lipinski definition) is 1. The monoisotopic (exact) mass is 320 g/mol. The number of hydrogen-bond acceptors (Lipinski definition) is 4. The summed E-state index contributed by atoms with van der Waals surface area (Å²) in [4.78, 5) is 25.5. The van der Waals surface area contributed by atoms with Crippen molar-refractivity contribution < 1.29 is 14.0 Å². The molecule has 118 valence electrons. The van der Waals surface area contributed by atoms with E-state index in [2.05, 4.69) is 5.32 Å². The Kier molecular flexibility index (Phi) is 5.77. The average molecular weight is 320 g/mol. The fraction of sp³-hybridized carbons (Fsp3) is 0.375. The molecule has 0 fully saturated rings. The molecule has 2 aromatic rings. The molecule has 2 aromatic heterocycles. The maximum absolute atomic E-state index is 12.1. The number of thiophene rings is 1. The highest BCUT2D eigenvalue weighted by Gasteiger charge is 2.18. The quantitative estimate of drug-likeness (QED) is 0.798. The van der Waals surface area contributed by atoms with Gasteiger partial charge in [0.05, 0.1) is 12.3 Å². The van der Waals surface area contributed by atoms with Crippen molar-refractivity contribution in [3.05, 3.63) is 46.5 Å². The van der Waals surface area contributed by atoms with Gasteiger partial charge in [0.1, 0.15) is 5.76 Å². The Morgan fingerprint density at radius 1 is 1.41 bits per heavy atom. The Hall–Kier alpha value is -2.08. The van der Waals surface area contributed by atoms with Gasteiger partial charge in [-0.2, -0.15) is 11.3 Å². The van der Waals surface area contributed by atoms with Crippen LogP contribution in [0.1, 0.15) is 41.9 Å². The number of nitrogens with zero attached hydrogens (tertiary/aromatic N) is 1. The molecule has 1 atom stereocenters. The Labute approximate surface area is 133 Å². The molecule has 0 spiro atoms. The fourth-order valence-electron chi connectivity index (χ4n) is 2.05. The van der Waals surface area contributed by atoms with E-state index >= 15 is 0 Å². The lowest BCUT2D eigenvalue weighted by Crippen LogP contribution is -2.30. The first kappa shape index (κ1) is 16.3. The zero-order valence-electron chi connectivity index (χ0n) is 12.7. The molecule has 2 rings (SSSR count). The first-order valence-corrected chi connectivity index (χ1v) is 8.13. The van der Waals surface area contributed by atoms with Crippen molar-refractivity contribution in [2.75, 3.05) is 13.6 Å². The molecule has 1 unspecified atom stereocenters. The molecule has 0 radical (unpaired) electrons. The van der Waals surface area contributed by atoms with E-state index in [0.29, 0.717) is 24.9 Å². The predicted molar refractivity (Wildman–Crippen MR) is 85.8 cm³/mol. The van der Waals surface area contributed by atoms with E-state index in [1.165, 1.54) is 11.3 Å². The van der Waals surface area contributed by atoms with Crippen molar-refractivity contribution in [1.82, 2.24) is 10.2 Å². The molecule has 0 saturated carbocycles. The summed E-state index contributed by atoms with van der Waals surface area (Å²) in [7, 11) is 1.76. The smallest absolute Gasteiger partial charge is 0.252 e. The lowest BCUT2D eigenvalue weighted by Gasteiger charge is -2.23. The predicted octanol–water partition coefficient (Wildman–Crippen LogP) is 3.07. The number of carbonyl (C=O) groups excluding carboxylic acids is 2. The van der Waals surface area contributed by atoms with E-state index in [-0.39, 0.29) is 17.9 Å². The van der Waals surface area contributed by atoms with Gasteiger partial charge in [-0.15, -0.1) is 0 Å². The van der Waals surface area contributed by atoms with E-state index < -0.39 is 0 Å². The number of rotatable bonds is 7. The van der Waals surface area contributed by atoms with Crippen molar-refractivity contribution >= 4 is 23.2 Å². The Balaban J connectivity index is 1.70. The van der Waals surface area contributed by atoms with Gasteiger partial charge in [0, 0.05) is 31.0 Å². The first-order valence-electron chi connectivity index (χ1n) is 7.19. The van der Waals surface area contributed by atoms with Crippen LogP contribution in [0.3, 0.4) is 0 Å². The summed E-state index contributed by atoms with van der Waals surface area (Å²) in [6, 6.07) is 5.35. The van der Waals surface area contributed by atoms with Gasteiger partial charge in [-0.25, -0.2) is 0 Å². The van der Waals surface area contributed by atoms with Crippen LogP contribution in [0.15, 0.2) is 39.6 Å². The SMILES string of the molecule is CC(c1ccco1)N(C)C(=O)CCCNC(=O)c1ccsc1. The molecule has 22 heavy (non-hydrogen) atoms. The second-order valence-electron chi connectivity index (χ2n) is 5.07. The molecule has 0 saturated heterocycles. The lowest BCUT2D eigenvalue weighted by atomic mass is 10.2. The van der Waals surface area contributed by atoms with Crippen LogP contribution >= 0.6 is 11.3 Å². The van der Waals surface area contributed by atoms with E-state index in [0.717, 1.165) is 5.76 Å². The second kappa shape index (κ2) is 7.79. The van der Waals surface area contributed by atoms with Crippen molar-refractivity contribution in [2.24, 2.45) is 0 Å². The topological polar surface area (TPSA) is 62.6 Å². The standard InChI is InChI=1S/C16H20N2O3S/c1-12(14-5-4-9-21-14)18(2)15(19)6-3-8-17-16(20)13-7-10-22-11-13/h4-5,7,9-12H,3,6,8H2,1-2H3,(H,17,20). The zero-order valence-corrected chi connectivity index (χ0v) is 13.6. The largest absolute Gasteiger partial charge is 0.467 e. The summed E-state index contributed by atoms with van der Waals surface area (Å²) in [5.41, 5.74) is 0.667. The second-order valence-corrected chi connectivity index (χ2v) is 5.85. The first-order chi connectivity index (χ1) is 10.6. The normalized spacial score (nSPS) is 11.9. The van der Waals surface area contributed by atoms with Gasteiger partial charge in [-0.1, -0.05) is 0 Å². The van der Waals surface area contributed by atoms with Crippen LogP contribution < -0.4 is 5.32 Å². The van der Waals surface area contributed by atoms with Crippen LogP contribution in [-0.2, 0) is 4.79 Å². The van der Waals surface area contributed by atoms with Crippen LogP contribution in [0.25, 0.3) is 0 Å². The van der Waals surface area contributed by atoms with Gasteiger partial charge in [0.25, 0.3) is 5.91 Å². The Morgan fingerprint density at radius 2 is 2.23 bits per heavy atom. The van der Waals surface area contributed by atoms with E-state index in [1.54, 1.807) is 29.7 Å². The molecule has 0 bridgehead atoms. The molecule has 6 heteroatoms. The van der Waals surface area contributed by atoms with Crippen LogP contribution in [-0.4, -0.2) is 30.3 Å². The number of furan rings is 1. The van der Waals surface area contributed by atoms with Gasteiger partial charge in [0.2, 0.25) is 5.91 Å². The van der Waals surface area contributed by atoms with E-state index in [9.17, 15) is 9.59 Å². The summed E-state index contributed by atoms with van der Waals surface area (Å²) < 4.78 is 5.32. The summed E-state index contributed by atoms with van der Waals surface area (Å²) in [6.45, 7) is 2.42. The van der Waals surface area contributed by atoms with Gasteiger partial charge in [0.15, 0.2) is 0 Å². The molecule has 0 aliphatic rings. The van der Waals surface area contributed by atoms with Gasteiger partial charge < -0.3 is 14.6 Å². The minimum atomic E-state index is -0.0945. The Morgan fingerprint density at radius 3 is 2.86 bits per heavy atom. The van der Waals surface area contributed by atoms with E-state index in [4.69, 9.17) is 4.42 Å². The summed E-state index contributed by atoms with van der Waals surface area (Å²) in [5.74, 6) is 0.710. The average Bonchev–Trinajstić information content (AvgIpc) is 3.22. The number of carbonyl (C=O) groups is 2. The van der Waals surface area contributed by atoms with Crippen LogP contribution in [0.4, 0.5) is 0 Å². The van der Waals surface area contributed by atoms with Crippen molar-refractivity contribution in [2.45, 2.75) is 25.8 Å². The molecule has 0 aromatic carbocycles. The fourth-order valence-corrected chi connectivity index (χ4v) is 2.69. The minimum Gasteiger partial charge on any atom is -0.467 e. The minimum absolute atomic E-state index is 0.0358. The van der Waals surface area contributed by atoms with E-state index in [1.807, 2.05) is 24.4 Å². The van der Waals surface area contributed by atoms with Crippen molar-refractivity contribution in [1.29, 1.82) is 0 Å². The maximum Gasteiger partial charge on any atom is 0.252 e. The molecular formula is C16H20N2O3S. The molecule has 1 N–H and O–H groups in total. The van der Waals surface area contributed by atoms with Crippen molar-refractivity contribution in [3.8, 4) is 0 Å². The van der Waals surface area contributed by atoms with Crippen LogP contribution in [0.2, 0.25) is 0 Å². The van der Waals surface area contributed by atoms with Gasteiger partial charge >= 0.3 is 0 Å². The van der Waals surface area contributed by atoms with Crippen molar-refractivity contribution in [3.63, 3.8) is 0 Å². The summed E-state index contributed by atoms with van der Waals surface area (Å²) >= 11 is 1.49.